The van der Waals surface area contributed by atoms with Gasteiger partial charge in [-0.25, -0.2) is 4.98 Å². The van der Waals surface area contributed by atoms with E-state index in [1.54, 1.807) is 11.3 Å². The number of rotatable bonds is 3. The van der Waals surface area contributed by atoms with E-state index in [1.807, 2.05) is 5.51 Å². The van der Waals surface area contributed by atoms with E-state index in [0.717, 1.165) is 11.4 Å². The van der Waals surface area contributed by atoms with Crippen molar-refractivity contribution in [3.63, 3.8) is 0 Å². The highest BCUT2D eigenvalue weighted by Gasteiger charge is 2.21. The van der Waals surface area contributed by atoms with Crippen molar-refractivity contribution in [2.24, 2.45) is 0 Å². The molecule has 2 aromatic heterocycles. The quantitative estimate of drug-likeness (QED) is 0.366. The summed E-state index contributed by atoms with van der Waals surface area (Å²) in [6.07, 6.45) is 0. The Bertz CT molecular complexity index is 1160. The van der Waals surface area contributed by atoms with Crippen LogP contribution in [0.25, 0.3) is 39.1 Å². The summed E-state index contributed by atoms with van der Waals surface area (Å²) in [5.74, 6) is 0. The molecule has 0 radical (unpaired) electrons. The molecule has 0 bridgehead atoms. The highest BCUT2D eigenvalue weighted by molar-refractivity contribution is 7.07. The van der Waals surface area contributed by atoms with Crippen molar-refractivity contribution < 1.29 is 0 Å². The van der Waals surface area contributed by atoms with E-state index in [2.05, 4.69) is 99.9 Å². The van der Waals surface area contributed by atoms with Gasteiger partial charge in [0.2, 0.25) is 0 Å². The standard InChI is InChI=1S/C23H16N2S/c1-3-9-17(10-4-1)23-22(20-15-26-16-24-20)19-13-7-8-14-21(19)25(23)18-11-5-2-6-12-18/h1-16H. The Morgan fingerprint density at radius 2 is 1.42 bits per heavy atom. The van der Waals surface area contributed by atoms with E-state index < -0.39 is 0 Å². The molecule has 0 spiro atoms. The zero-order valence-electron chi connectivity index (χ0n) is 14.0. The first-order valence-electron chi connectivity index (χ1n) is 8.56. The van der Waals surface area contributed by atoms with Crippen molar-refractivity contribution in [2.75, 3.05) is 0 Å². The number of thiazole rings is 1. The lowest BCUT2D eigenvalue weighted by Crippen LogP contribution is -1.97. The van der Waals surface area contributed by atoms with Gasteiger partial charge >= 0.3 is 0 Å². The summed E-state index contributed by atoms with van der Waals surface area (Å²) in [5.41, 5.74) is 8.85. The molecular weight excluding hydrogens is 336 g/mol. The van der Waals surface area contributed by atoms with Crippen LogP contribution in [0.5, 0.6) is 0 Å². The minimum absolute atomic E-state index is 1.03. The molecule has 0 N–H and O–H groups in total. The molecule has 0 fully saturated rings. The zero-order chi connectivity index (χ0) is 17.3. The lowest BCUT2D eigenvalue weighted by atomic mass is 10.0. The lowest BCUT2D eigenvalue weighted by Gasteiger charge is -2.12. The van der Waals surface area contributed by atoms with Gasteiger partial charge in [0.1, 0.15) is 0 Å². The predicted molar refractivity (Wildman–Crippen MR) is 110 cm³/mol. The summed E-state index contributed by atoms with van der Waals surface area (Å²) in [4.78, 5) is 4.63. The second-order valence-electron chi connectivity index (χ2n) is 6.15. The molecule has 0 saturated heterocycles. The van der Waals surface area contributed by atoms with E-state index in [4.69, 9.17) is 0 Å². The van der Waals surface area contributed by atoms with Gasteiger partial charge in [-0.3, -0.25) is 0 Å². The molecule has 2 heterocycles. The molecule has 124 valence electrons. The van der Waals surface area contributed by atoms with Crippen LogP contribution in [-0.4, -0.2) is 9.55 Å². The number of para-hydroxylation sites is 2. The van der Waals surface area contributed by atoms with Crippen molar-refractivity contribution in [3.05, 3.63) is 95.8 Å². The Labute approximate surface area is 156 Å². The fourth-order valence-corrected chi connectivity index (χ4v) is 4.09. The molecular formula is C23H16N2S. The van der Waals surface area contributed by atoms with Crippen molar-refractivity contribution in [2.45, 2.75) is 0 Å². The summed E-state index contributed by atoms with van der Waals surface area (Å²) in [7, 11) is 0. The van der Waals surface area contributed by atoms with E-state index in [-0.39, 0.29) is 0 Å². The highest BCUT2D eigenvalue weighted by Crippen LogP contribution is 2.42. The summed E-state index contributed by atoms with van der Waals surface area (Å²) < 4.78 is 2.35. The normalized spacial score (nSPS) is 11.1. The van der Waals surface area contributed by atoms with E-state index >= 15 is 0 Å². The van der Waals surface area contributed by atoms with Crippen molar-refractivity contribution in [1.29, 1.82) is 0 Å². The Morgan fingerprint density at radius 3 is 2.15 bits per heavy atom. The molecule has 0 saturated carbocycles. The van der Waals surface area contributed by atoms with Crippen LogP contribution >= 0.6 is 11.3 Å². The Hall–Kier alpha value is -3.17. The van der Waals surface area contributed by atoms with Gasteiger partial charge in [-0.15, -0.1) is 11.3 Å². The molecule has 5 rings (SSSR count). The second-order valence-corrected chi connectivity index (χ2v) is 6.87. The number of hydrogen-bond donors (Lipinski definition) is 0. The highest BCUT2D eigenvalue weighted by atomic mass is 32.1. The maximum absolute atomic E-state index is 4.63. The molecule has 0 aliphatic carbocycles. The third-order valence-corrected chi connectivity index (χ3v) is 5.21. The van der Waals surface area contributed by atoms with Gasteiger partial charge < -0.3 is 4.57 Å². The van der Waals surface area contributed by atoms with Gasteiger partial charge in [-0.1, -0.05) is 66.7 Å². The first-order valence-corrected chi connectivity index (χ1v) is 9.50. The largest absolute Gasteiger partial charge is 0.309 e. The van der Waals surface area contributed by atoms with Gasteiger partial charge in [0, 0.05) is 22.0 Å². The van der Waals surface area contributed by atoms with Crippen LogP contribution in [0.4, 0.5) is 0 Å². The third kappa shape index (κ3) is 2.37. The Morgan fingerprint density at radius 1 is 0.731 bits per heavy atom. The van der Waals surface area contributed by atoms with Gasteiger partial charge in [0.25, 0.3) is 0 Å². The third-order valence-electron chi connectivity index (χ3n) is 4.62. The summed E-state index contributed by atoms with van der Waals surface area (Å²) in [5, 5.41) is 3.35. The molecule has 3 aromatic carbocycles. The Kier molecular flexibility index (Phi) is 3.65. The van der Waals surface area contributed by atoms with Gasteiger partial charge in [0.15, 0.2) is 0 Å². The van der Waals surface area contributed by atoms with Crippen LogP contribution < -0.4 is 0 Å². The molecule has 0 atom stereocenters. The van der Waals surface area contributed by atoms with Crippen LogP contribution in [-0.2, 0) is 0 Å². The fourth-order valence-electron chi connectivity index (χ4n) is 3.55. The maximum atomic E-state index is 4.63. The Balaban J connectivity index is 1.97. The molecule has 0 aliphatic rings. The van der Waals surface area contributed by atoms with Gasteiger partial charge in [-0.05, 0) is 23.8 Å². The minimum atomic E-state index is 1.03. The maximum Gasteiger partial charge on any atom is 0.0839 e. The molecule has 3 heteroatoms. The summed E-state index contributed by atoms with van der Waals surface area (Å²) in [6.45, 7) is 0. The minimum Gasteiger partial charge on any atom is -0.309 e. The molecule has 2 nitrogen and oxygen atoms in total. The molecule has 0 unspecified atom stereocenters. The van der Waals surface area contributed by atoms with Crippen LogP contribution in [0, 0.1) is 0 Å². The number of benzene rings is 3. The van der Waals surface area contributed by atoms with Gasteiger partial charge in [-0.2, -0.15) is 0 Å². The van der Waals surface area contributed by atoms with E-state index in [1.165, 1.54) is 27.7 Å². The van der Waals surface area contributed by atoms with Crippen molar-refractivity contribution >= 4 is 22.2 Å². The molecule has 5 aromatic rings. The number of aromatic nitrogens is 2. The molecule has 0 aliphatic heterocycles. The molecule has 26 heavy (non-hydrogen) atoms. The molecule has 0 amide bonds. The monoisotopic (exact) mass is 352 g/mol. The summed E-state index contributed by atoms with van der Waals surface area (Å²) >= 11 is 1.63. The topological polar surface area (TPSA) is 17.8 Å². The van der Waals surface area contributed by atoms with Crippen LogP contribution in [0.2, 0.25) is 0 Å². The van der Waals surface area contributed by atoms with Crippen LogP contribution in [0.15, 0.2) is 95.8 Å². The second kappa shape index (κ2) is 6.28. The smallest absolute Gasteiger partial charge is 0.0839 e. The average Bonchev–Trinajstić information content (AvgIpc) is 3.35. The number of fused-ring (bicyclic) bond motifs is 1. The SMILES string of the molecule is c1ccc(-c2c(-c3cscn3)c3ccccc3n2-c2ccccc2)cc1. The van der Waals surface area contributed by atoms with Crippen molar-refractivity contribution in [3.8, 4) is 28.2 Å². The first kappa shape index (κ1) is 15.1. The van der Waals surface area contributed by atoms with E-state index in [0.29, 0.717) is 0 Å². The van der Waals surface area contributed by atoms with Gasteiger partial charge in [0.05, 0.1) is 22.4 Å². The number of nitrogens with zero attached hydrogens (tertiary/aromatic N) is 2. The summed E-state index contributed by atoms with van der Waals surface area (Å²) in [6, 6.07) is 29.7. The fraction of sp³-hybridized carbons (Fsp3) is 0. The van der Waals surface area contributed by atoms with Crippen LogP contribution in [0.1, 0.15) is 0 Å². The first-order chi connectivity index (χ1) is 12.9. The zero-order valence-corrected chi connectivity index (χ0v) is 14.9. The lowest BCUT2D eigenvalue weighted by molar-refractivity contribution is 1.13. The number of hydrogen-bond acceptors (Lipinski definition) is 2. The predicted octanol–water partition coefficient (Wildman–Crippen LogP) is 6.42. The van der Waals surface area contributed by atoms with Crippen molar-refractivity contribution in [1.82, 2.24) is 9.55 Å². The van der Waals surface area contributed by atoms with E-state index in [9.17, 15) is 0 Å². The average molecular weight is 352 g/mol. The van der Waals surface area contributed by atoms with Crippen LogP contribution in [0.3, 0.4) is 0 Å².